The lowest BCUT2D eigenvalue weighted by molar-refractivity contribution is 0.410. The number of hydrogen-bond donors (Lipinski definition) is 3. The van der Waals surface area contributed by atoms with E-state index in [1.807, 2.05) is 69.3 Å². The van der Waals surface area contributed by atoms with E-state index < -0.39 is 0 Å². The first-order valence-corrected chi connectivity index (χ1v) is 10.7. The number of guanidine groups is 1. The van der Waals surface area contributed by atoms with Crippen LogP contribution in [0.1, 0.15) is 22.5 Å². The summed E-state index contributed by atoms with van der Waals surface area (Å²) in [7, 11) is 1.63. The smallest absolute Gasteiger partial charge is 0.229 e. The summed E-state index contributed by atoms with van der Waals surface area (Å²) in [6.07, 6.45) is 0. The molecule has 0 saturated heterocycles. The molecule has 0 saturated carbocycles. The molecule has 2 aromatic carbocycles. The quantitative estimate of drug-likeness (QED) is 0.275. The maximum atomic E-state index is 6.38. The zero-order valence-electron chi connectivity index (χ0n) is 18.4. The number of benzene rings is 2. The largest absolute Gasteiger partial charge is 0.496 e. The lowest BCUT2D eigenvalue weighted by Crippen LogP contribution is -2.39. The lowest BCUT2D eigenvalue weighted by atomic mass is 10.2. The SMILES string of the molecule is COc1ccccc1CN=C(NC(=S)Nc1cccc(C)c1Cl)Nc1nc(C)cc(C)n1. The average Bonchev–Trinajstić information content (AvgIpc) is 2.74. The summed E-state index contributed by atoms with van der Waals surface area (Å²) in [6.45, 7) is 6.11. The van der Waals surface area contributed by atoms with Crippen LogP contribution in [-0.2, 0) is 6.54 Å². The Morgan fingerprint density at radius 2 is 1.75 bits per heavy atom. The van der Waals surface area contributed by atoms with Crippen LogP contribution in [0.25, 0.3) is 0 Å². The van der Waals surface area contributed by atoms with Gasteiger partial charge in [0.05, 0.1) is 24.4 Å². The number of methoxy groups -OCH3 is 1. The van der Waals surface area contributed by atoms with Gasteiger partial charge in [0.1, 0.15) is 5.75 Å². The predicted octanol–water partition coefficient (Wildman–Crippen LogP) is 5.02. The van der Waals surface area contributed by atoms with Crippen LogP contribution >= 0.6 is 23.8 Å². The molecule has 166 valence electrons. The highest BCUT2D eigenvalue weighted by Crippen LogP contribution is 2.25. The van der Waals surface area contributed by atoms with Crippen molar-refractivity contribution in [2.45, 2.75) is 27.3 Å². The minimum absolute atomic E-state index is 0.327. The van der Waals surface area contributed by atoms with Gasteiger partial charge in [-0.15, -0.1) is 0 Å². The van der Waals surface area contributed by atoms with Crippen molar-refractivity contribution < 1.29 is 4.74 Å². The van der Waals surface area contributed by atoms with E-state index in [0.29, 0.717) is 34.3 Å². The molecular weight excluding hydrogens is 444 g/mol. The summed E-state index contributed by atoms with van der Waals surface area (Å²) in [5.41, 5.74) is 4.27. The summed E-state index contributed by atoms with van der Waals surface area (Å²) in [4.78, 5) is 13.5. The number of nitrogens with zero attached hydrogens (tertiary/aromatic N) is 3. The van der Waals surface area contributed by atoms with Gasteiger partial charge < -0.3 is 15.4 Å². The van der Waals surface area contributed by atoms with Crippen LogP contribution in [0, 0.1) is 20.8 Å². The van der Waals surface area contributed by atoms with Gasteiger partial charge in [-0.3, -0.25) is 5.32 Å². The number of anilines is 2. The highest BCUT2D eigenvalue weighted by Gasteiger charge is 2.10. The Labute approximate surface area is 198 Å². The van der Waals surface area contributed by atoms with Crippen LogP contribution < -0.4 is 20.7 Å². The third-order valence-electron chi connectivity index (χ3n) is 4.48. The Bertz CT molecular complexity index is 1130. The molecule has 9 heteroatoms. The highest BCUT2D eigenvalue weighted by atomic mass is 35.5. The van der Waals surface area contributed by atoms with E-state index in [1.165, 1.54) is 0 Å². The molecule has 0 fully saturated rings. The van der Waals surface area contributed by atoms with Crippen molar-refractivity contribution in [1.29, 1.82) is 0 Å². The first-order valence-electron chi connectivity index (χ1n) is 9.94. The Morgan fingerprint density at radius 3 is 2.47 bits per heavy atom. The number of ether oxygens (including phenoxy) is 1. The van der Waals surface area contributed by atoms with Crippen LogP contribution in [-0.4, -0.2) is 28.1 Å². The zero-order valence-corrected chi connectivity index (χ0v) is 19.9. The van der Waals surface area contributed by atoms with Crippen LogP contribution in [0.5, 0.6) is 5.75 Å². The second-order valence-electron chi connectivity index (χ2n) is 7.09. The third kappa shape index (κ3) is 6.38. The van der Waals surface area contributed by atoms with Gasteiger partial charge in [0, 0.05) is 17.0 Å². The fourth-order valence-corrected chi connectivity index (χ4v) is 3.38. The molecular formula is C23H25ClN6OS. The fraction of sp³-hybridized carbons (Fsp3) is 0.217. The van der Waals surface area contributed by atoms with Crippen molar-refractivity contribution in [1.82, 2.24) is 15.3 Å². The second-order valence-corrected chi connectivity index (χ2v) is 7.88. The van der Waals surface area contributed by atoms with E-state index >= 15 is 0 Å². The summed E-state index contributed by atoms with van der Waals surface area (Å²) in [5.74, 6) is 1.57. The van der Waals surface area contributed by atoms with Gasteiger partial charge in [0.2, 0.25) is 11.9 Å². The molecule has 32 heavy (non-hydrogen) atoms. The summed E-state index contributed by atoms with van der Waals surface area (Å²) >= 11 is 11.9. The van der Waals surface area contributed by atoms with Gasteiger partial charge in [-0.25, -0.2) is 15.0 Å². The molecule has 0 aliphatic carbocycles. The molecule has 7 nitrogen and oxygen atoms in total. The van der Waals surface area contributed by atoms with Gasteiger partial charge in [0.15, 0.2) is 5.11 Å². The molecule has 0 amide bonds. The zero-order chi connectivity index (χ0) is 23.1. The van der Waals surface area contributed by atoms with Gasteiger partial charge in [-0.1, -0.05) is 41.9 Å². The molecule has 3 aromatic rings. The Morgan fingerprint density at radius 1 is 1.03 bits per heavy atom. The van der Waals surface area contributed by atoms with E-state index in [1.54, 1.807) is 7.11 Å². The number of para-hydroxylation sites is 1. The van der Waals surface area contributed by atoms with Crippen molar-refractivity contribution in [3.63, 3.8) is 0 Å². The molecule has 1 heterocycles. The first kappa shape index (κ1) is 23.4. The molecule has 0 bridgehead atoms. The number of nitrogens with one attached hydrogen (secondary N) is 3. The van der Waals surface area contributed by atoms with Crippen LogP contribution in [0.15, 0.2) is 53.5 Å². The average molecular weight is 469 g/mol. The molecule has 0 spiro atoms. The number of hydrogen-bond acceptors (Lipinski definition) is 5. The van der Waals surface area contributed by atoms with Crippen LogP contribution in [0.4, 0.5) is 11.6 Å². The van der Waals surface area contributed by atoms with Crippen molar-refractivity contribution >= 4 is 46.5 Å². The van der Waals surface area contributed by atoms with Crippen molar-refractivity contribution in [2.75, 3.05) is 17.7 Å². The van der Waals surface area contributed by atoms with Crippen molar-refractivity contribution in [2.24, 2.45) is 4.99 Å². The Hall–Kier alpha value is -3.23. The number of thiocarbonyl (C=S) groups is 1. The van der Waals surface area contributed by atoms with Gasteiger partial charge >= 0.3 is 0 Å². The molecule has 3 rings (SSSR count). The molecule has 0 aliphatic heterocycles. The van der Waals surface area contributed by atoms with E-state index in [2.05, 4.69) is 30.9 Å². The normalized spacial score (nSPS) is 11.1. The highest BCUT2D eigenvalue weighted by molar-refractivity contribution is 7.80. The minimum Gasteiger partial charge on any atom is -0.496 e. The maximum absolute atomic E-state index is 6.38. The van der Waals surface area contributed by atoms with E-state index in [0.717, 1.165) is 28.3 Å². The Balaban J connectivity index is 1.83. The second kappa shape index (κ2) is 10.9. The van der Waals surface area contributed by atoms with E-state index in [4.69, 9.17) is 28.6 Å². The summed E-state index contributed by atoms with van der Waals surface area (Å²) in [6, 6.07) is 15.3. The first-order chi connectivity index (χ1) is 15.4. The lowest BCUT2D eigenvalue weighted by Gasteiger charge is -2.16. The Kier molecular flexibility index (Phi) is 7.97. The molecule has 0 atom stereocenters. The van der Waals surface area contributed by atoms with Crippen molar-refractivity contribution in [3.8, 4) is 5.75 Å². The molecule has 3 N–H and O–H groups in total. The summed E-state index contributed by atoms with van der Waals surface area (Å²) in [5, 5.41) is 10.3. The molecule has 1 aromatic heterocycles. The molecule has 0 radical (unpaired) electrons. The third-order valence-corrected chi connectivity index (χ3v) is 5.19. The summed E-state index contributed by atoms with van der Waals surface area (Å²) < 4.78 is 5.42. The van der Waals surface area contributed by atoms with Crippen molar-refractivity contribution in [3.05, 3.63) is 76.1 Å². The van der Waals surface area contributed by atoms with Gasteiger partial charge in [0.25, 0.3) is 0 Å². The maximum Gasteiger partial charge on any atom is 0.229 e. The van der Waals surface area contributed by atoms with Gasteiger partial charge in [-0.2, -0.15) is 0 Å². The monoisotopic (exact) mass is 468 g/mol. The van der Waals surface area contributed by atoms with E-state index in [-0.39, 0.29) is 0 Å². The number of rotatable bonds is 5. The fourth-order valence-electron chi connectivity index (χ4n) is 3.00. The van der Waals surface area contributed by atoms with Crippen LogP contribution in [0.3, 0.4) is 0 Å². The van der Waals surface area contributed by atoms with Gasteiger partial charge in [-0.05, 0) is 56.8 Å². The predicted molar refractivity (Wildman–Crippen MR) is 135 cm³/mol. The number of aliphatic imine (C=N–C) groups is 1. The standard InChI is InChI=1S/C23H25ClN6OS/c1-14-8-7-10-18(20(14)24)28-23(32)30-21(29-22-26-15(2)12-16(3)27-22)25-13-17-9-5-6-11-19(17)31-4/h5-12H,13H2,1-4H3,(H3,25,26,27,28,29,30,32). The van der Waals surface area contributed by atoms with E-state index in [9.17, 15) is 0 Å². The molecule has 0 unspecified atom stereocenters. The number of aryl methyl sites for hydroxylation is 3. The number of aromatic nitrogens is 2. The molecule has 0 aliphatic rings. The topological polar surface area (TPSA) is 83.5 Å². The minimum atomic E-state index is 0.327. The van der Waals surface area contributed by atoms with Crippen LogP contribution in [0.2, 0.25) is 5.02 Å². The number of halogens is 1.